The molecule has 0 spiro atoms. The minimum absolute atomic E-state index is 0.00458. The summed E-state index contributed by atoms with van der Waals surface area (Å²) in [7, 11) is 0.536. The second-order valence-electron chi connectivity index (χ2n) is 11.7. The van der Waals surface area contributed by atoms with Gasteiger partial charge in [-0.2, -0.15) is 13.1 Å². The summed E-state index contributed by atoms with van der Waals surface area (Å²) < 4.78 is 54.8. The van der Waals surface area contributed by atoms with Gasteiger partial charge in [0.2, 0.25) is 0 Å². The number of methoxy groups -OCH3 is 3. The zero-order valence-electron chi connectivity index (χ0n) is 22.6. The van der Waals surface area contributed by atoms with Crippen LogP contribution in [0.25, 0.3) is 0 Å². The molecule has 0 saturated heterocycles. The maximum absolute atomic E-state index is 13.2. The molecule has 11 heteroatoms. The van der Waals surface area contributed by atoms with Crippen LogP contribution in [0.3, 0.4) is 0 Å². The molecule has 0 aromatic carbocycles. The van der Waals surface area contributed by atoms with Crippen molar-refractivity contribution in [1.29, 1.82) is 0 Å². The molecule has 4 bridgehead atoms. The van der Waals surface area contributed by atoms with Gasteiger partial charge < -0.3 is 18.9 Å². The average Bonchev–Trinajstić information content (AvgIpc) is 3.65. The Balaban J connectivity index is 1.36. The molecule has 1 N–H and O–H groups in total. The monoisotopic (exact) mass is 548 g/mol. The van der Waals surface area contributed by atoms with Crippen LogP contribution in [0.15, 0.2) is 0 Å². The molecule has 37 heavy (non-hydrogen) atoms. The van der Waals surface area contributed by atoms with Crippen molar-refractivity contribution in [3.63, 3.8) is 0 Å². The van der Waals surface area contributed by atoms with Crippen molar-refractivity contribution in [1.82, 2.24) is 0 Å². The van der Waals surface area contributed by atoms with Crippen molar-refractivity contribution in [3.05, 3.63) is 0 Å². The van der Waals surface area contributed by atoms with Gasteiger partial charge in [-0.3, -0.25) is 9.35 Å². The Bertz CT molecular complexity index is 846. The Labute approximate surface area is 221 Å². The van der Waals surface area contributed by atoms with Crippen LogP contribution >= 0.6 is 0 Å². The Hall–Kier alpha value is -0.820. The van der Waals surface area contributed by atoms with Crippen LogP contribution in [0, 0.1) is 47.3 Å². The molecule has 0 radical (unpaired) electrons. The van der Waals surface area contributed by atoms with Crippen LogP contribution < -0.4 is 0 Å². The maximum Gasteiger partial charge on any atom is 0.309 e. The number of ether oxygens (including phenoxy) is 4. The van der Waals surface area contributed by atoms with E-state index in [2.05, 4.69) is 0 Å². The first-order valence-corrected chi connectivity index (χ1v) is 15.4. The van der Waals surface area contributed by atoms with Gasteiger partial charge in [-0.1, -0.05) is 0 Å². The number of nitrogens with zero attached hydrogens (tertiary/aromatic N) is 1. The topological polar surface area (TPSA) is 118 Å². The van der Waals surface area contributed by atoms with E-state index >= 15 is 0 Å². The fourth-order valence-corrected chi connectivity index (χ4v) is 8.94. The summed E-state index contributed by atoms with van der Waals surface area (Å²) in [6.45, 7) is 2.71. The summed E-state index contributed by atoms with van der Waals surface area (Å²) in [5, 5.41) is 0. The third-order valence-corrected chi connectivity index (χ3v) is 10.5. The van der Waals surface area contributed by atoms with E-state index in [0.29, 0.717) is 57.2 Å². The van der Waals surface area contributed by atoms with Crippen molar-refractivity contribution in [2.24, 2.45) is 47.3 Å². The standard InChI is InChI=1S/C26H45NO9S/c1-32-9-6-27(7-10-33-2,8-11-34-3)36-16-18(17-37(29,30)31)15-35-26(28)23-14-21-13-22(23)25-20-5-4-19(12-20)24(21)25/h18-25H,4-17H2,1-3H3/p+1. The number of quaternary nitrogens is 1. The fraction of sp³-hybridized carbons (Fsp3) is 0.962. The summed E-state index contributed by atoms with van der Waals surface area (Å²) in [6, 6.07) is 0. The van der Waals surface area contributed by atoms with E-state index in [-0.39, 0.29) is 29.7 Å². The molecule has 4 fully saturated rings. The van der Waals surface area contributed by atoms with Gasteiger partial charge in [-0.15, -0.1) is 0 Å². The second-order valence-corrected chi connectivity index (χ2v) is 13.2. The van der Waals surface area contributed by atoms with E-state index in [0.717, 1.165) is 30.6 Å². The molecule has 0 aromatic heterocycles. The quantitative estimate of drug-likeness (QED) is 0.0958. The lowest BCUT2D eigenvalue weighted by Gasteiger charge is -2.38. The molecule has 0 aromatic rings. The summed E-state index contributed by atoms with van der Waals surface area (Å²) in [4.78, 5) is 19.5. The first kappa shape index (κ1) is 29.2. The minimum Gasteiger partial charge on any atom is -0.465 e. The highest BCUT2D eigenvalue weighted by Gasteiger charge is 2.63. The number of esters is 1. The van der Waals surface area contributed by atoms with Gasteiger partial charge in [0.15, 0.2) is 0 Å². The molecular weight excluding hydrogens is 502 g/mol. The number of hydrogen-bond acceptors (Lipinski definition) is 8. The van der Waals surface area contributed by atoms with Crippen LogP contribution in [0.1, 0.15) is 32.1 Å². The van der Waals surface area contributed by atoms with E-state index < -0.39 is 21.8 Å². The van der Waals surface area contributed by atoms with Gasteiger partial charge >= 0.3 is 5.97 Å². The van der Waals surface area contributed by atoms with Crippen molar-refractivity contribution in [3.8, 4) is 0 Å². The van der Waals surface area contributed by atoms with Gasteiger partial charge in [-0.05, 0) is 67.6 Å². The normalized spacial score (nSPS) is 33.1. The third-order valence-electron chi connectivity index (χ3n) is 9.64. The lowest BCUT2D eigenvalue weighted by Crippen LogP contribution is -2.54. The lowest BCUT2D eigenvalue weighted by molar-refractivity contribution is -1.11. The zero-order valence-corrected chi connectivity index (χ0v) is 23.4. The molecule has 0 aliphatic heterocycles. The van der Waals surface area contributed by atoms with Crippen LogP contribution in [-0.2, 0) is 38.7 Å². The van der Waals surface area contributed by atoms with E-state index in [4.69, 9.17) is 23.8 Å². The SMILES string of the molecule is COCC[N+](CCOC)(CCOC)OCC(COC(=O)C1CC2CC1C1C3CCC(C3)C21)CS(=O)(=O)O. The van der Waals surface area contributed by atoms with Crippen molar-refractivity contribution in [2.75, 3.05) is 79.8 Å². The molecule has 4 aliphatic carbocycles. The van der Waals surface area contributed by atoms with Gasteiger partial charge in [-0.25, -0.2) is 4.84 Å². The van der Waals surface area contributed by atoms with Crippen LogP contribution in [0.4, 0.5) is 0 Å². The smallest absolute Gasteiger partial charge is 0.309 e. The van der Waals surface area contributed by atoms with Gasteiger partial charge in [0.05, 0.1) is 38.1 Å². The molecule has 0 amide bonds. The van der Waals surface area contributed by atoms with E-state index in [1.165, 1.54) is 19.3 Å². The van der Waals surface area contributed by atoms with Gasteiger partial charge in [0.1, 0.15) is 26.2 Å². The molecule has 0 heterocycles. The molecule has 214 valence electrons. The highest BCUT2D eigenvalue weighted by molar-refractivity contribution is 7.85. The summed E-state index contributed by atoms with van der Waals surface area (Å²) in [5.74, 6) is 2.64. The molecule has 8 atom stereocenters. The third kappa shape index (κ3) is 6.85. The van der Waals surface area contributed by atoms with E-state index in [1.54, 1.807) is 21.3 Å². The fourth-order valence-electron chi connectivity index (χ4n) is 8.15. The van der Waals surface area contributed by atoms with Crippen LogP contribution in [0.5, 0.6) is 0 Å². The predicted octanol–water partition coefficient (Wildman–Crippen LogP) is 2.04. The highest BCUT2D eigenvalue weighted by Crippen LogP contribution is 2.68. The minimum atomic E-state index is -4.29. The molecular formula is C26H46NO9S+. The summed E-state index contributed by atoms with van der Waals surface area (Å²) >= 11 is 0. The van der Waals surface area contributed by atoms with Gasteiger partial charge in [0.25, 0.3) is 10.1 Å². The van der Waals surface area contributed by atoms with Crippen LogP contribution in [0.2, 0.25) is 0 Å². The molecule has 4 rings (SSSR count). The molecule has 10 nitrogen and oxygen atoms in total. The first-order chi connectivity index (χ1) is 17.7. The molecule has 4 aliphatic rings. The summed E-state index contributed by atoms with van der Waals surface area (Å²) in [5.41, 5.74) is 0. The Kier molecular flexibility index (Phi) is 9.91. The van der Waals surface area contributed by atoms with Crippen molar-refractivity contribution in [2.45, 2.75) is 32.1 Å². The maximum atomic E-state index is 13.2. The summed E-state index contributed by atoms with van der Waals surface area (Å²) in [6.07, 6.45) is 6.05. The number of hydrogen-bond donors (Lipinski definition) is 1. The highest BCUT2D eigenvalue weighted by atomic mass is 32.2. The largest absolute Gasteiger partial charge is 0.465 e. The molecule has 4 saturated carbocycles. The van der Waals surface area contributed by atoms with Gasteiger partial charge in [0, 0.05) is 27.2 Å². The average molecular weight is 549 g/mol. The van der Waals surface area contributed by atoms with E-state index in [1.807, 2.05) is 0 Å². The Morgan fingerprint density at radius 3 is 2.03 bits per heavy atom. The van der Waals surface area contributed by atoms with Crippen molar-refractivity contribution < 1.29 is 46.2 Å². The van der Waals surface area contributed by atoms with E-state index in [9.17, 15) is 17.8 Å². The number of carbonyl (C=O) groups is 1. The number of fused-ring (bicyclic) bond motifs is 9. The second kappa shape index (κ2) is 12.6. The zero-order chi connectivity index (χ0) is 26.6. The first-order valence-electron chi connectivity index (χ1n) is 13.8. The van der Waals surface area contributed by atoms with Crippen molar-refractivity contribution >= 4 is 16.1 Å². The number of rotatable bonds is 17. The van der Waals surface area contributed by atoms with Crippen LogP contribution in [-0.4, -0.2) is 103 Å². The molecule has 8 unspecified atom stereocenters. The Morgan fingerprint density at radius 2 is 1.46 bits per heavy atom. The lowest BCUT2D eigenvalue weighted by atomic mass is 9.67. The Morgan fingerprint density at radius 1 is 0.865 bits per heavy atom. The number of hydroxylamine groups is 3. The predicted molar refractivity (Wildman–Crippen MR) is 135 cm³/mol. The number of carbonyl (C=O) groups excluding carboxylic acids is 1.